The number of halogens is 1. The van der Waals surface area contributed by atoms with Crippen molar-refractivity contribution in [3.63, 3.8) is 0 Å². The van der Waals surface area contributed by atoms with Crippen LogP contribution in [0.15, 0.2) is 53.4 Å². The van der Waals surface area contributed by atoms with Gasteiger partial charge < -0.3 is 4.57 Å². The SMILES string of the molecule is Brc1nc2n(c1-c1ccccc1)CCCc1ccncc1-2. The van der Waals surface area contributed by atoms with Crippen molar-refractivity contribution in [2.75, 3.05) is 0 Å². The van der Waals surface area contributed by atoms with Gasteiger partial charge in [-0.3, -0.25) is 4.98 Å². The molecule has 3 nitrogen and oxygen atoms in total. The summed E-state index contributed by atoms with van der Waals surface area (Å²) in [6.45, 7) is 0.979. The highest BCUT2D eigenvalue weighted by Gasteiger charge is 2.22. The highest BCUT2D eigenvalue weighted by Crippen LogP contribution is 2.36. The largest absolute Gasteiger partial charge is 0.323 e. The predicted molar refractivity (Wildman–Crippen MR) is 86.9 cm³/mol. The smallest absolute Gasteiger partial charge is 0.143 e. The molecule has 0 bridgehead atoms. The first-order chi connectivity index (χ1) is 10.3. The first kappa shape index (κ1) is 12.8. The summed E-state index contributed by atoms with van der Waals surface area (Å²) in [7, 11) is 0. The predicted octanol–water partition coefficient (Wildman–Crippen LogP) is 4.32. The number of fused-ring (bicyclic) bond motifs is 3. The van der Waals surface area contributed by atoms with Crippen LogP contribution < -0.4 is 0 Å². The zero-order valence-corrected chi connectivity index (χ0v) is 13.0. The van der Waals surface area contributed by atoms with Gasteiger partial charge >= 0.3 is 0 Å². The molecule has 0 saturated heterocycles. The van der Waals surface area contributed by atoms with Gasteiger partial charge in [-0.2, -0.15) is 0 Å². The lowest BCUT2D eigenvalue weighted by Crippen LogP contribution is -2.01. The average Bonchev–Trinajstić information content (AvgIpc) is 2.74. The number of benzene rings is 1. The Kier molecular flexibility index (Phi) is 3.11. The maximum absolute atomic E-state index is 4.77. The van der Waals surface area contributed by atoms with Crippen LogP contribution in [0.1, 0.15) is 12.0 Å². The first-order valence-electron chi connectivity index (χ1n) is 7.09. The van der Waals surface area contributed by atoms with Gasteiger partial charge in [0.15, 0.2) is 0 Å². The van der Waals surface area contributed by atoms with Crippen molar-refractivity contribution in [1.29, 1.82) is 0 Å². The molecule has 0 atom stereocenters. The molecule has 0 fully saturated rings. The minimum absolute atomic E-state index is 0.903. The van der Waals surface area contributed by atoms with Gasteiger partial charge in [-0.1, -0.05) is 30.3 Å². The summed E-state index contributed by atoms with van der Waals surface area (Å²) < 4.78 is 3.22. The molecule has 0 amide bonds. The van der Waals surface area contributed by atoms with E-state index in [1.165, 1.54) is 11.1 Å². The summed E-state index contributed by atoms with van der Waals surface area (Å²) in [5.74, 6) is 1.02. The van der Waals surface area contributed by atoms with Crippen molar-refractivity contribution in [3.8, 4) is 22.6 Å². The molecule has 0 unspecified atom stereocenters. The summed E-state index contributed by atoms with van der Waals surface area (Å²) in [5, 5.41) is 0. The minimum Gasteiger partial charge on any atom is -0.323 e. The third-order valence-corrected chi connectivity index (χ3v) is 4.51. The van der Waals surface area contributed by atoms with Crippen LogP contribution in [0.4, 0.5) is 0 Å². The van der Waals surface area contributed by atoms with Crippen LogP contribution >= 0.6 is 15.9 Å². The maximum Gasteiger partial charge on any atom is 0.143 e. The summed E-state index contributed by atoms with van der Waals surface area (Å²) >= 11 is 3.64. The van der Waals surface area contributed by atoms with E-state index >= 15 is 0 Å². The minimum atomic E-state index is 0.903. The van der Waals surface area contributed by atoms with E-state index in [9.17, 15) is 0 Å². The second kappa shape index (κ2) is 5.11. The van der Waals surface area contributed by atoms with Gasteiger partial charge in [0.05, 0.1) is 5.69 Å². The molecule has 0 saturated carbocycles. The second-order valence-electron chi connectivity index (χ2n) is 5.23. The van der Waals surface area contributed by atoms with Gasteiger partial charge in [0.1, 0.15) is 10.4 Å². The lowest BCUT2D eigenvalue weighted by atomic mass is 10.1. The number of rotatable bonds is 1. The standard InChI is InChI=1S/C17H14BrN3/c18-16-15(13-5-2-1-3-6-13)21-10-4-7-12-8-9-19-11-14(12)17(21)20-16/h1-3,5-6,8-9,11H,4,7,10H2. The van der Waals surface area contributed by atoms with E-state index in [2.05, 4.69) is 55.8 Å². The van der Waals surface area contributed by atoms with Crippen molar-refractivity contribution in [2.24, 2.45) is 0 Å². The van der Waals surface area contributed by atoms with Crippen molar-refractivity contribution in [2.45, 2.75) is 19.4 Å². The fourth-order valence-corrected chi connectivity index (χ4v) is 3.60. The van der Waals surface area contributed by atoms with Crippen LogP contribution in [0.5, 0.6) is 0 Å². The number of hydrogen-bond acceptors (Lipinski definition) is 2. The highest BCUT2D eigenvalue weighted by atomic mass is 79.9. The van der Waals surface area contributed by atoms with E-state index in [1.807, 2.05) is 18.5 Å². The lowest BCUT2D eigenvalue weighted by Gasteiger charge is -2.09. The average molecular weight is 340 g/mol. The van der Waals surface area contributed by atoms with Gasteiger partial charge in [-0.15, -0.1) is 0 Å². The van der Waals surface area contributed by atoms with E-state index in [0.29, 0.717) is 0 Å². The van der Waals surface area contributed by atoms with Crippen LogP contribution in [-0.2, 0) is 13.0 Å². The molecule has 1 aliphatic heterocycles. The molecular formula is C17H14BrN3. The fraction of sp³-hybridized carbons (Fsp3) is 0.176. The molecule has 3 aromatic rings. The van der Waals surface area contributed by atoms with E-state index < -0.39 is 0 Å². The monoisotopic (exact) mass is 339 g/mol. The van der Waals surface area contributed by atoms with Crippen LogP contribution in [0, 0.1) is 0 Å². The lowest BCUT2D eigenvalue weighted by molar-refractivity contribution is 0.666. The number of hydrogen-bond donors (Lipinski definition) is 0. The highest BCUT2D eigenvalue weighted by molar-refractivity contribution is 9.10. The fourth-order valence-electron chi connectivity index (χ4n) is 2.99. The van der Waals surface area contributed by atoms with E-state index in [1.54, 1.807) is 0 Å². The zero-order valence-electron chi connectivity index (χ0n) is 11.5. The van der Waals surface area contributed by atoms with Gasteiger partial charge in [0, 0.05) is 30.1 Å². The Hall–Kier alpha value is -1.94. The molecule has 0 spiro atoms. The molecule has 1 aromatic carbocycles. The van der Waals surface area contributed by atoms with Crippen molar-refractivity contribution in [1.82, 2.24) is 14.5 Å². The Labute approximate surface area is 131 Å². The van der Waals surface area contributed by atoms with Gasteiger partial charge in [-0.25, -0.2) is 4.98 Å². The van der Waals surface area contributed by atoms with E-state index in [-0.39, 0.29) is 0 Å². The molecule has 1 aliphatic rings. The molecule has 3 heterocycles. The molecule has 21 heavy (non-hydrogen) atoms. The van der Waals surface area contributed by atoms with E-state index in [4.69, 9.17) is 4.98 Å². The molecule has 0 aliphatic carbocycles. The Morgan fingerprint density at radius 3 is 2.81 bits per heavy atom. The Morgan fingerprint density at radius 1 is 1.10 bits per heavy atom. The third kappa shape index (κ3) is 2.10. The molecule has 0 N–H and O–H groups in total. The van der Waals surface area contributed by atoms with Gasteiger partial charge in [-0.05, 0) is 40.4 Å². The molecule has 4 rings (SSSR count). The zero-order chi connectivity index (χ0) is 14.2. The molecular weight excluding hydrogens is 326 g/mol. The quantitative estimate of drug-likeness (QED) is 0.660. The van der Waals surface area contributed by atoms with Crippen LogP contribution in [0.3, 0.4) is 0 Å². The van der Waals surface area contributed by atoms with Crippen LogP contribution in [-0.4, -0.2) is 14.5 Å². The second-order valence-corrected chi connectivity index (χ2v) is 5.98. The van der Waals surface area contributed by atoms with E-state index in [0.717, 1.165) is 41.1 Å². The molecule has 104 valence electrons. The normalized spacial score (nSPS) is 13.4. The maximum atomic E-state index is 4.77. The summed E-state index contributed by atoms with van der Waals surface area (Å²) in [4.78, 5) is 9.05. The van der Waals surface area contributed by atoms with Crippen molar-refractivity contribution < 1.29 is 0 Å². The number of aryl methyl sites for hydroxylation is 1. The van der Waals surface area contributed by atoms with Crippen LogP contribution in [0.2, 0.25) is 0 Å². The first-order valence-corrected chi connectivity index (χ1v) is 7.88. The topological polar surface area (TPSA) is 30.7 Å². The van der Waals surface area contributed by atoms with Crippen LogP contribution in [0.25, 0.3) is 22.6 Å². The molecule has 2 aromatic heterocycles. The summed E-state index contributed by atoms with van der Waals surface area (Å²) in [6, 6.07) is 12.5. The molecule has 4 heteroatoms. The third-order valence-electron chi connectivity index (χ3n) is 3.95. The summed E-state index contributed by atoms with van der Waals surface area (Å²) in [5.41, 5.74) is 4.83. The van der Waals surface area contributed by atoms with Crippen molar-refractivity contribution in [3.05, 3.63) is 59.0 Å². The Balaban J connectivity index is 1.97. The van der Waals surface area contributed by atoms with Gasteiger partial charge in [0.25, 0.3) is 0 Å². The Morgan fingerprint density at radius 2 is 1.95 bits per heavy atom. The number of pyridine rings is 1. The number of imidazole rings is 1. The van der Waals surface area contributed by atoms with Gasteiger partial charge in [0.2, 0.25) is 0 Å². The Bertz CT molecular complexity index is 793. The molecule has 0 radical (unpaired) electrons. The number of aromatic nitrogens is 3. The summed E-state index contributed by atoms with van der Waals surface area (Å²) in [6.07, 6.45) is 5.99. The number of nitrogens with zero attached hydrogens (tertiary/aromatic N) is 3. The van der Waals surface area contributed by atoms with Crippen molar-refractivity contribution >= 4 is 15.9 Å².